The van der Waals surface area contributed by atoms with Gasteiger partial charge in [-0.05, 0) is 0 Å². The normalized spacial score (nSPS) is 11.5. The summed E-state index contributed by atoms with van der Waals surface area (Å²) in [7, 11) is 0.875. The number of phosphoric ester groups is 1. The van der Waals surface area contributed by atoms with E-state index in [1.165, 1.54) is 0 Å². The molecule has 0 aliphatic rings. The van der Waals surface area contributed by atoms with Gasteiger partial charge in [0.25, 0.3) is 0 Å². The van der Waals surface area contributed by atoms with Crippen molar-refractivity contribution in [2.75, 3.05) is 34.3 Å². The molecule has 0 aromatic heterocycles. The van der Waals surface area contributed by atoms with Gasteiger partial charge in [-0.2, -0.15) is 0 Å². The van der Waals surface area contributed by atoms with E-state index in [-0.39, 0.29) is 61.3 Å². The van der Waals surface area contributed by atoms with Crippen molar-refractivity contribution in [2.24, 2.45) is 0 Å². The summed E-state index contributed by atoms with van der Waals surface area (Å²) in [5, 5.41) is 0. The van der Waals surface area contributed by atoms with E-state index >= 15 is 0 Å². The fourth-order valence-corrected chi connectivity index (χ4v) is 0.732. The van der Waals surface area contributed by atoms with Crippen LogP contribution in [0.5, 0.6) is 0 Å². The molecule has 8 heteroatoms. The zero-order valence-electron chi connectivity index (χ0n) is 8.03. The minimum atomic E-state index is -4.76. The number of hydrogen-bond acceptors (Lipinski definition) is 4. The van der Waals surface area contributed by atoms with Crippen LogP contribution in [-0.4, -0.2) is 76.5 Å². The fourth-order valence-electron chi connectivity index (χ4n) is 0.426. The van der Waals surface area contributed by atoms with Crippen LogP contribution in [0.25, 0.3) is 0 Å². The molecule has 0 saturated carbocycles. The molecule has 13 heavy (non-hydrogen) atoms. The Morgan fingerprint density at radius 3 is 1.92 bits per heavy atom. The maximum absolute atomic E-state index is 9.96. The summed E-state index contributed by atoms with van der Waals surface area (Å²) >= 11 is 0. The maximum atomic E-state index is 9.96. The number of hydrogen-bond donors (Lipinski definition) is 0. The van der Waals surface area contributed by atoms with Crippen molar-refractivity contribution in [1.29, 1.82) is 0 Å². The predicted octanol–water partition coefficient (Wildman–Crippen LogP) is -4.84. The Bertz CT molecular complexity index is 168. The molecule has 0 rings (SSSR count). The van der Waals surface area contributed by atoms with E-state index in [9.17, 15) is 14.4 Å². The molecule has 0 saturated heterocycles. The van der Waals surface area contributed by atoms with Crippen LogP contribution < -0.4 is 26.8 Å². The minimum Gasteiger partial charge on any atom is -1.00 e. The molecule has 0 unspecified atom stereocenters. The Kier molecular flexibility index (Phi) is 12.5. The van der Waals surface area contributed by atoms with E-state index in [1.807, 2.05) is 21.1 Å². The average molecular weight is 302 g/mol. The van der Waals surface area contributed by atoms with Crippen molar-refractivity contribution >= 4 is 45.6 Å². The Morgan fingerprint density at radius 2 is 1.69 bits per heavy atom. The second kappa shape index (κ2) is 8.02. The van der Waals surface area contributed by atoms with Gasteiger partial charge < -0.3 is 40.3 Å². The van der Waals surface area contributed by atoms with E-state index in [0.717, 1.165) is 0 Å². The van der Waals surface area contributed by atoms with Crippen molar-refractivity contribution in [3.05, 3.63) is 0 Å². The summed E-state index contributed by atoms with van der Waals surface area (Å²) in [6.45, 7) is 0.447. The summed E-state index contributed by atoms with van der Waals surface area (Å²) < 4.78 is 14.6. The molecule has 0 N–H and O–H groups in total. The molecular weight excluding hydrogens is 289 g/mol. The van der Waals surface area contributed by atoms with E-state index in [2.05, 4.69) is 4.52 Å². The molecule has 5 nitrogen and oxygen atoms in total. The van der Waals surface area contributed by atoms with Crippen LogP contribution in [0.3, 0.4) is 0 Å². The van der Waals surface area contributed by atoms with Gasteiger partial charge in [-0.1, -0.05) is 0 Å². The topological polar surface area (TPSA) is 72.4 Å². The zero-order chi connectivity index (χ0) is 9.12. The van der Waals surface area contributed by atoms with Crippen molar-refractivity contribution in [3.63, 3.8) is 0 Å². The summed E-state index contributed by atoms with van der Waals surface area (Å²) in [5.41, 5.74) is 0. The van der Waals surface area contributed by atoms with E-state index < -0.39 is 7.82 Å². The van der Waals surface area contributed by atoms with Crippen molar-refractivity contribution < 1.29 is 40.3 Å². The average Bonchev–Trinajstić information content (AvgIpc) is 1.55. The molecule has 0 aliphatic carbocycles. The fraction of sp³-hybridized carbons (Fsp3) is 1.00. The SMILES string of the molecule is C[N+](C)(C)CCOP(=O)([O-])[O-].[Br-].[Ca+2]. The summed E-state index contributed by atoms with van der Waals surface area (Å²) in [4.78, 5) is 19.9. The Hall–Kier alpha value is 1.81. The Morgan fingerprint density at radius 1 is 1.31 bits per heavy atom. The van der Waals surface area contributed by atoms with E-state index in [4.69, 9.17) is 0 Å². The third-order valence-electron chi connectivity index (χ3n) is 1.01. The number of quaternary nitrogens is 1. The third kappa shape index (κ3) is 20.0. The molecule has 0 heterocycles. The van der Waals surface area contributed by atoms with Crippen molar-refractivity contribution in [3.8, 4) is 0 Å². The van der Waals surface area contributed by atoms with Gasteiger partial charge >= 0.3 is 37.7 Å². The molecule has 0 radical (unpaired) electrons. The standard InChI is InChI=1S/C5H14NO4P.BrH.Ca/c1-6(2,3)4-5-10-11(7,8)9;;/h4-5H2,1-3H3,(H-,7,8,9);1H;/q;;+2/p-2. The molecular formula is C5H13BrCaNO4P. The first-order chi connectivity index (χ1) is 4.71. The molecule has 0 amide bonds. The van der Waals surface area contributed by atoms with Gasteiger partial charge in [0.05, 0.1) is 29.0 Å². The number of phosphoric acid groups is 1. The summed E-state index contributed by atoms with van der Waals surface area (Å²) in [6, 6.07) is 0. The Balaban J connectivity index is -0.000000500. The molecule has 0 aromatic rings. The van der Waals surface area contributed by atoms with Gasteiger partial charge in [0.1, 0.15) is 13.2 Å². The molecule has 0 aromatic carbocycles. The molecule has 0 atom stereocenters. The second-order valence-electron chi connectivity index (χ2n) is 3.29. The van der Waals surface area contributed by atoms with E-state index in [0.29, 0.717) is 11.0 Å². The van der Waals surface area contributed by atoms with Crippen molar-refractivity contribution in [2.45, 2.75) is 0 Å². The Labute approximate surface area is 119 Å². The first-order valence-corrected chi connectivity index (χ1v) is 4.64. The largest absolute Gasteiger partial charge is 2.00 e. The molecule has 76 valence electrons. The van der Waals surface area contributed by atoms with Crippen LogP contribution in [0.1, 0.15) is 0 Å². The monoisotopic (exact) mass is 301 g/mol. The summed E-state index contributed by atoms with van der Waals surface area (Å²) in [6.07, 6.45) is 0. The van der Waals surface area contributed by atoms with Gasteiger partial charge in [0.2, 0.25) is 0 Å². The van der Waals surface area contributed by atoms with Crippen LogP contribution in [-0.2, 0) is 9.09 Å². The number of rotatable bonds is 4. The predicted molar refractivity (Wildman–Crippen MR) is 42.2 cm³/mol. The van der Waals surface area contributed by atoms with Gasteiger partial charge in [0, 0.05) is 0 Å². The van der Waals surface area contributed by atoms with Gasteiger partial charge in [0.15, 0.2) is 0 Å². The van der Waals surface area contributed by atoms with Crippen LogP contribution in [0, 0.1) is 0 Å². The number of likely N-dealkylation sites (N-methyl/N-ethyl adjacent to an activating group) is 1. The van der Waals surface area contributed by atoms with Crippen LogP contribution in [0.2, 0.25) is 0 Å². The first kappa shape index (κ1) is 20.3. The quantitative estimate of drug-likeness (QED) is 0.297. The van der Waals surface area contributed by atoms with E-state index in [1.54, 1.807) is 0 Å². The smallest absolute Gasteiger partial charge is 1.00 e. The minimum absolute atomic E-state index is 0. The van der Waals surface area contributed by atoms with Gasteiger partial charge in [-0.3, -0.25) is 0 Å². The number of halogens is 1. The molecule has 0 fully saturated rings. The van der Waals surface area contributed by atoms with Crippen molar-refractivity contribution in [1.82, 2.24) is 0 Å². The zero-order valence-corrected chi connectivity index (χ0v) is 12.7. The van der Waals surface area contributed by atoms with Gasteiger partial charge in [-0.15, -0.1) is 0 Å². The van der Waals surface area contributed by atoms with Crippen LogP contribution in [0.4, 0.5) is 0 Å². The van der Waals surface area contributed by atoms with Crippen LogP contribution >= 0.6 is 7.82 Å². The molecule has 0 spiro atoms. The second-order valence-corrected chi connectivity index (χ2v) is 4.45. The molecule has 0 bridgehead atoms. The maximum Gasteiger partial charge on any atom is 2.00 e. The first-order valence-electron chi connectivity index (χ1n) is 3.18. The molecule has 0 aliphatic heterocycles. The van der Waals surface area contributed by atoms with Gasteiger partial charge in [-0.25, -0.2) is 0 Å². The number of nitrogens with zero attached hydrogens (tertiary/aromatic N) is 1. The third-order valence-corrected chi connectivity index (χ3v) is 1.51. The summed E-state index contributed by atoms with van der Waals surface area (Å²) in [5.74, 6) is 0. The van der Waals surface area contributed by atoms with Crippen LogP contribution in [0.15, 0.2) is 0 Å².